The van der Waals surface area contributed by atoms with Gasteiger partial charge in [0.25, 0.3) is 0 Å². The highest BCUT2D eigenvalue weighted by Crippen LogP contribution is 2.16. The number of rotatable bonds is 11. The Bertz CT molecular complexity index is 676. The number of likely N-dealkylation sites (tertiary alicyclic amines) is 1. The Morgan fingerprint density at radius 2 is 2.00 bits per heavy atom. The van der Waals surface area contributed by atoms with E-state index in [4.69, 9.17) is 14.5 Å². The Morgan fingerprint density at radius 1 is 1.19 bits per heavy atom. The van der Waals surface area contributed by atoms with Gasteiger partial charge in [0.1, 0.15) is 0 Å². The number of ether oxygens (including phenoxy) is 2. The Morgan fingerprint density at radius 3 is 2.72 bits per heavy atom. The Kier molecular flexibility index (Phi) is 13.9. The minimum Gasteiger partial charge on any atom is -0.378 e. The molecule has 0 amide bonds. The van der Waals surface area contributed by atoms with Crippen LogP contribution in [0.25, 0.3) is 0 Å². The average Bonchev–Trinajstić information content (AvgIpc) is 2.81. The van der Waals surface area contributed by atoms with Gasteiger partial charge < -0.3 is 20.1 Å². The van der Waals surface area contributed by atoms with Crippen molar-refractivity contribution in [2.24, 2.45) is 4.99 Å². The van der Waals surface area contributed by atoms with E-state index in [1.807, 2.05) is 0 Å². The number of benzene rings is 1. The average molecular weight is 557 g/mol. The molecular formula is C25H41IN4O2. The first kappa shape index (κ1) is 27.1. The van der Waals surface area contributed by atoms with Gasteiger partial charge in [-0.05, 0) is 44.6 Å². The van der Waals surface area contributed by atoms with Crippen LogP contribution < -0.4 is 10.6 Å². The van der Waals surface area contributed by atoms with Crippen molar-refractivity contribution in [3.05, 3.63) is 47.5 Å². The first-order valence-corrected chi connectivity index (χ1v) is 12.0. The second kappa shape index (κ2) is 16.5. The van der Waals surface area contributed by atoms with E-state index in [0.29, 0.717) is 6.10 Å². The number of piperidine rings is 1. The number of guanidine groups is 1. The van der Waals surface area contributed by atoms with Crippen molar-refractivity contribution in [3.8, 4) is 0 Å². The molecule has 0 atom stereocenters. The van der Waals surface area contributed by atoms with Gasteiger partial charge in [-0.15, -0.1) is 24.0 Å². The van der Waals surface area contributed by atoms with Gasteiger partial charge >= 0.3 is 0 Å². The lowest BCUT2D eigenvalue weighted by molar-refractivity contribution is 0.00566. The molecule has 1 fully saturated rings. The summed E-state index contributed by atoms with van der Waals surface area (Å²) in [5.41, 5.74) is 2.88. The van der Waals surface area contributed by atoms with Crippen molar-refractivity contribution >= 4 is 29.9 Å². The fourth-order valence-corrected chi connectivity index (χ4v) is 4.06. The Balaban J connectivity index is 0.00000363. The van der Waals surface area contributed by atoms with Crippen LogP contribution in [0.4, 0.5) is 0 Å². The lowest BCUT2D eigenvalue weighted by atomic mass is 10.1. The van der Waals surface area contributed by atoms with Gasteiger partial charge in [0.15, 0.2) is 5.96 Å². The summed E-state index contributed by atoms with van der Waals surface area (Å²) < 4.78 is 11.5. The van der Waals surface area contributed by atoms with Gasteiger partial charge in [-0.3, -0.25) is 9.89 Å². The summed E-state index contributed by atoms with van der Waals surface area (Å²) in [4.78, 5) is 7.23. The molecule has 6 nitrogen and oxygen atoms in total. The zero-order valence-corrected chi connectivity index (χ0v) is 21.9. The van der Waals surface area contributed by atoms with Crippen molar-refractivity contribution in [1.29, 1.82) is 0 Å². The molecule has 2 N–H and O–H groups in total. The third-order valence-electron chi connectivity index (χ3n) is 5.85. The van der Waals surface area contributed by atoms with E-state index < -0.39 is 0 Å². The smallest absolute Gasteiger partial charge is 0.191 e. The minimum absolute atomic E-state index is 0. The minimum atomic E-state index is 0. The molecule has 32 heavy (non-hydrogen) atoms. The quantitative estimate of drug-likeness (QED) is 0.142. The summed E-state index contributed by atoms with van der Waals surface area (Å²) in [5.74, 6) is 0.907. The maximum absolute atomic E-state index is 6.13. The monoisotopic (exact) mass is 556 g/mol. The highest BCUT2D eigenvalue weighted by molar-refractivity contribution is 14.0. The molecular weight excluding hydrogens is 515 g/mol. The fourth-order valence-electron chi connectivity index (χ4n) is 4.06. The van der Waals surface area contributed by atoms with E-state index in [9.17, 15) is 0 Å². The van der Waals surface area contributed by atoms with Gasteiger partial charge in [0.05, 0.1) is 19.3 Å². The molecule has 3 rings (SSSR count). The van der Waals surface area contributed by atoms with Crippen LogP contribution >= 0.6 is 24.0 Å². The summed E-state index contributed by atoms with van der Waals surface area (Å²) >= 11 is 0. The highest BCUT2D eigenvalue weighted by Gasteiger charge is 2.19. The number of hydrogen-bond acceptors (Lipinski definition) is 4. The number of nitrogens with zero attached hydrogens (tertiary/aromatic N) is 2. The number of halogens is 1. The van der Waals surface area contributed by atoms with Crippen LogP contribution in [0.5, 0.6) is 0 Å². The standard InChI is InChI=1S/C25H40N4O2.HI/c1-2-26-25(28-15-9-22-12-19-30-20-13-22)27-14-6-18-31-24-10-16-29(17-11-24)21-23-7-4-3-5-8-23;/h3-5,7-8,12,24H,2,6,9-11,13-21H2,1H3,(H2,26,27,28);1H. The van der Waals surface area contributed by atoms with Crippen LogP contribution in [-0.4, -0.2) is 69.5 Å². The lowest BCUT2D eigenvalue weighted by Gasteiger charge is -2.31. The summed E-state index contributed by atoms with van der Waals surface area (Å²) in [5, 5.41) is 6.78. The SMILES string of the molecule is CCNC(=NCCCOC1CCN(Cc2ccccc2)CC1)NCCC1=CCOCC1.I. The Labute approximate surface area is 211 Å². The van der Waals surface area contributed by atoms with E-state index >= 15 is 0 Å². The molecule has 1 aromatic carbocycles. The molecule has 0 aromatic heterocycles. The summed E-state index contributed by atoms with van der Waals surface area (Å²) in [7, 11) is 0. The second-order valence-corrected chi connectivity index (χ2v) is 8.31. The molecule has 1 aromatic rings. The molecule has 0 aliphatic carbocycles. The van der Waals surface area contributed by atoms with Crippen molar-refractivity contribution in [2.75, 3.05) is 52.5 Å². The van der Waals surface area contributed by atoms with Gasteiger partial charge in [0.2, 0.25) is 0 Å². The van der Waals surface area contributed by atoms with Crippen LogP contribution in [0.3, 0.4) is 0 Å². The Hall–Kier alpha value is -1.16. The van der Waals surface area contributed by atoms with E-state index in [-0.39, 0.29) is 24.0 Å². The molecule has 180 valence electrons. The number of hydrogen-bond donors (Lipinski definition) is 2. The van der Waals surface area contributed by atoms with Crippen LogP contribution in [0.2, 0.25) is 0 Å². The van der Waals surface area contributed by atoms with Crippen LogP contribution in [0, 0.1) is 0 Å². The maximum atomic E-state index is 6.13. The number of aliphatic imine (C=N–C) groups is 1. The first-order valence-electron chi connectivity index (χ1n) is 12.0. The van der Waals surface area contributed by atoms with Gasteiger partial charge in [-0.25, -0.2) is 0 Å². The summed E-state index contributed by atoms with van der Waals surface area (Å²) in [6.07, 6.45) is 7.93. The van der Waals surface area contributed by atoms with Gasteiger partial charge in [-0.2, -0.15) is 0 Å². The zero-order valence-electron chi connectivity index (χ0n) is 19.6. The van der Waals surface area contributed by atoms with E-state index in [1.54, 1.807) is 0 Å². The molecule has 0 saturated carbocycles. The van der Waals surface area contributed by atoms with E-state index in [0.717, 1.165) is 97.2 Å². The van der Waals surface area contributed by atoms with Crippen molar-refractivity contribution in [2.45, 2.75) is 51.7 Å². The molecule has 7 heteroatoms. The lowest BCUT2D eigenvalue weighted by Crippen LogP contribution is -2.38. The third kappa shape index (κ3) is 10.6. The normalized spacial score (nSPS) is 18.0. The summed E-state index contributed by atoms with van der Waals surface area (Å²) in [6.45, 7) is 10.4. The maximum Gasteiger partial charge on any atom is 0.191 e. The predicted molar refractivity (Wildman–Crippen MR) is 143 cm³/mol. The van der Waals surface area contributed by atoms with Crippen molar-refractivity contribution < 1.29 is 9.47 Å². The molecule has 0 unspecified atom stereocenters. The second-order valence-electron chi connectivity index (χ2n) is 8.31. The summed E-state index contributed by atoms with van der Waals surface area (Å²) in [6, 6.07) is 10.7. The highest BCUT2D eigenvalue weighted by atomic mass is 127. The van der Waals surface area contributed by atoms with Crippen molar-refractivity contribution in [3.63, 3.8) is 0 Å². The predicted octanol–water partition coefficient (Wildman–Crippen LogP) is 3.97. The molecule has 2 heterocycles. The topological polar surface area (TPSA) is 58.1 Å². The van der Waals surface area contributed by atoms with Crippen LogP contribution in [-0.2, 0) is 16.0 Å². The van der Waals surface area contributed by atoms with Crippen LogP contribution in [0.15, 0.2) is 47.0 Å². The fraction of sp³-hybridized carbons (Fsp3) is 0.640. The van der Waals surface area contributed by atoms with Crippen molar-refractivity contribution in [1.82, 2.24) is 15.5 Å². The molecule has 0 bridgehead atoms. The number of nitrogens with one attached hydrogen (secondary N) is 2. The molecule has 2 aliphatic rings. The molecule has 0 radical (unpaired) electrons. The van der Waals surface area contributed by atoms with E-state index in [2.05, 4.69) is 58.9 Å². The molecule has 1 saturated heterocycles. The van der Waals surface area contributed by atoms with Gasteiger partial charge in [-0.1, -0.05) is 42.0 Å². The molecule has 2 aliphatic heterocycles. The van der Waals surface area contributed by atoms with Crippen LogP contribution in [0.1, 0.15) is 44.6 Å². The zero-order chi connectivity index (χ0) is 21.6. The largest absolute Gasteiger partial charge is 0.378 e. The molecule has 0 spiro atoms. The third-order valence-corrected chi connectivity index (χ3v) is 5.85. The first-order chi connectivity index (χ1) is 15.3. The van der Waals surface area contributed by atoms with E-state index in [1.165, 1.54) is 11.1 Å². The van der Waals surface area contributed by atoms with Gasteiger partial charge in [0, 0.05) is 45.9 Å².